The van der Waals surface area contributed by atoms with Gasteiger partial charge in [0.15, 0.2) is 0 Å². The van der Waals surface area contributed by atoms with E-state index in [1.165, 1.54) is 17.7 Å². The highest BCUT2D eigenvalue weighted by molar-refractivity contribution is 5.45. The van der Waals surface area contributed by atoms with Crippen molar-refractivity contribution in [2.24, 2.45) is 0 Å². The van der Waals surface area contributed by atoms with Gasteiger partial charge in [0.25, 0.3) is 0 Å². The first-order valence-corrected chi connectivity index (χ1v) is 5.79. The van der Waals surface area contributed by atoms with Crippen LogP contribution >= 0.6 is 0 Å². The fourth-order valence-corrected chi connectivity index (χ4v) is 1.76. The van der Waals surface area contributed by atoms with E-state index in [9.17, 15) is 4.39 Å². The molecule has 2 heteroatoms. The fraction of sp³-hybridized carbons (Fsp3) is 0.200. The zero-order valence-electron chi connectivity index (χ0n) is 9.91. The maximum atomic E-state index is 12.7. The molecule has 2 rings (SSSR count). The third-order valence-electron chi connectivity index (χ3n) is 2.67. The molecular weight excluding hydrogens is 213 g/mol. The second-order valence-corrected chi connectivity index (χ2v) is 4.17. The van der Waals surface area contributed by atoms with E-state index in [4.69, 9.17) is 0 Å². The Morgan fingerprint density at radius 3 is 2.53 bits per heavy atom. The van der Waals surface area contributed by atoms with Crippen molar-refractivity contribution in [2.45, 2.75) is 13.3 Å². The summed E-state index contributed by atoms with van der Waals surface area (Å²) >= 11 is 0. The van der Waals surface area contributed by atoms with E-state index < -0.39 is 0 Å². The summed E-state index contributed by atoms with van der Waals surface area (Å²) in [6.45, 7) is 2.93. The van der Waals surface area contributed by atoms with Crippen molar-refractivity contribution in [3.05, 3.63) is 65.5 Å². The van der Waals surface area contributed by atoms with Gasteiger partial charge in [-0.05, 0) is 48.7 Å². The molecule has 0 saturated carbocycles. The van der Waals surface area contributed by atoms with Gasteiger partial charge in [-0.15, -0.1) is 0 Å². The molecule has 17 heavy (non-hydrogen) atoms. The topological polar surface area (TPSA) is 12.0 Å². The van der Waals surface area contributed by atoms with E-state index in [2.05, 4.69) is 30.4 Å². The number of nitrogens with one attached hydrogen (secondary N) is 1. The molecule has 2 aromatic carbocycles. The van der Waals surface area contributed by atoms with E-state index in [0.29, 0.717) is 0 Å². The lowest BCUT2D eigenvalue weighted by atomic mass is 10.1. The molecule has 0 unspecified atom stereocenters. The fourth-order valence-electron chi connectivity index (χ4n) is 1.76. The normalized spacial score (nSPS) is 10.2. The second-order valence-electron chi connectivity index (χ2n) is 4.17. The number of benzene rings is 2. The summed E-state index contributed by atoms with van der Waals surface area (Å²) < 4.78 is 12.7. The van der Waals surface area contributed by atoms with E-state index in [1.54, 1.807) is 0 Å². The highest BCUT2D eigenvalue weighted by atomic mass is 19.1. The Hall–Kier alpha value is -1.83. The molecule has 0 radical (unpaired) electrons. The molecule has 0 atom stereocenters. The van der Waals surface area contributed by atoms with Crippen molar-refractivity contribution in [2.75, 3.05) is 11.9 Å². The SMILES string of the molecule is Cc1cccc(NCCc2ccc(F)cc2)c1. The quantitative estimate of drug-likeness (QED) is 0.841. The number of anilines is 1. The van der Waals surface area contributed by atoms with Gasteiger partial charge in [-0.1, -0.05) is 24.3 Å². The van der Waals surface area contributed by atoms with Crippen LogP contribution < -0.4 is 5.32 Å². The summed E-state index contributed by atoms with van der Waals surface area (Å²) in [5.74, 6) is -0.180. The number of aryl methyl sites for hydroxylation is 1. The molecule has 0 spiro atoms. The second kappa shape index (κ2) is 5.48. The molecule has 0 saturated heterocycles. The summed E-state index contributed by atoms with van der Waals surface area (Å²) in [6.07, 6.45) is 0.897. The molecule has 0 bridgehead atoms. The van der Waals surface area contributed by atoms with Crippen LogP contribution in [0.2, 0.25) is 0 Å². The zero-order chi connectivity index (χ0) is 12.1. The minimum atomic E-state index is -0.180. The molecule has 0 amide bonds. The summed E-state index contributed by atoms with van der Waals surface area (Å²) in [7, 11) is 0. The number of hydrogen-bond acceptors (Lipinski definition) is 1. The van der Waals surface area contributed by atoms with Gasteiger partial charge in [0.05, 0.1) is 0 Å². The molecular formula is C15H16FN. The van der Waals surface area contributed by atoms with Crippen LogP contribution in [0.3, 0.4) is 0 Å². The molecule has 0 fully saturated rings. The molecule has 1 N–H and O–H groups in total. The number of halogens is 1. The van der Waals surface area contributed by atoms with Crippen LogP contribution in [0, 0.1) is 12.7 Å². The lowest BCUT2D eigenvalue weighted by molar-refractivity contribution is 0.627. The monoisotopic (exact) mass is 229 g/mol. The van der Waals surface area contributed by atoms with E-state index in [-0.39, 0.29) is 5.82 Å². The van der Waals surface area contributed by atoms with Gasteiger partial charge < -0.3 is 5.32 Å². The zero-order valence-corrected chi connectivity index (χ0v) is 9.91. The van der Waals surface area contributed by atoms with Crippen LogP contribution in [0.5, 0.6) is 0 Å². The van der Waals surface area contributed by atoms with Crippen molar-refractivity contribution >= 4 is 5.69 Å². The van der Waals surface area contributed by atoms with E-state index in [0.717, 1.165) is 24.2 Å². The first kappa shape index (κ1) is 11.6. The van der Waals surface area contributed by atoms with Crippen molar-refractivity contribution in [3.8, 4) is 0 Å². The van der Waals surface area contributed by atoms with Gasteiger partial charge in [-0.3, -0.25) is 0 Å². The standard InChI is InChI=1S/C15H16FN/c1-12-3-2-4-15(11-12)17-10-9-13-5-7-14(16)8-6-13/h2-8,11,17H,9-10H2,1H3. The van der Waals surface area contributed by atoms with Crippen LogP contribution in [-0.4, -0.2) is 6.54 Å². The van der Waals surface area contributed by atoms with Gasteiger partial charge >= 0.3 is 0 Å². The molecule has 0 aromatic heterocycles. The molecule has 2 aromatic rings. The van der Waals surface area contributed by atoms with Crippen molar-refractivity contribution in [1.29, 1.82) is 0 Å². The van der Waals surface area contributed by atoms with Gasteiger partial charge in [-0.25, -0.2) is 4.39 Å². The third kappa shape index (κ3) is 3.59. The Morgan fingerprint density at radius 1 is 1.06 bits per heavy atom. The molecule has 1 nitrogen and oxygen atoms in total. The van der Waals surface area contributed by atoms with Gasteiger partial charge in [0, 0.05) is 12.2 Å². The summed E-state index contributed by atoms with van der Waals surface area (Å²) in [6, 6.07) is 14.9. The van der Waals surface area contributed by atoms with Crippen LogP contribution in [0.1, 0.15) is 11.1 Å². The summed E-state index contributed by atoms with van der Waals surface area (Å²) in [4.78, 5) is 0. The van der Waals surface area contributed by atoms with E-state index in [1.807, 2.05) is 18.2 Å². The predicted octanol–water partition coefficient (Wildman–Crippen LogP) is 3.79. The Balaban J connectivity index is 1.85. The first-order chi connectivity index (χ1) is 8.24. The largest absolute Gasteiger partial charge is 0.385 e. The maximum Gasteiger partial charge on any atom is 0.123 e. The van der Waals surface area contributed by atoms with Crippen LogP contribution in [0.15, 0.2) is 48.5 Å². The minimum Gasteiger partial charge on any atom is -0.385 e. The Morgan fingerprint density at radius 2 is 1.82 bits per heavy atom. The highest BCUT2D eigenvalue weighted by Gasteiger charge is 1.95. The smallest absolute Gasteiger partial charge is 0.123 e. The van der Waals surface area contributed by atoms with Gasteiger partial charge in [0.1, 0.15) is 5.82 Å². The van der Waals surface area contributed by atoms with Gasteiger partial charge in [-0.2, -0.15) is 0 Å². The van der Waals surface area contributed by atoms with Gasteiger partial charge in [0.2, 0.25) is 0 Å². The molecule has 88 valence electrons. The van der Waals surface area contributed by atoms with Crippen molar-refractivity contribution in [1.82, 2.24) is 0 Å². The lowest BCUT2D eigenvalue weighted by Gasteiger charge is -2.07. The average Bonchev–Trinajstić information content (AvgIpc) is 2.32. The van der Waals surface area contributed by atoms with Crippen molar-refractivity contribution < 1.29 is 4.39 Å². The Bertz CT molecular complexity index is 477. The predicted molar refractivity (Wildman–Crippen MR) is 69.8 cm³/mol. The molecule has 0 aliphatic carbocycles. The van der Waals surface area contributed by atoms with Crippen LogP contribution in [0.25, 0.3) is 0 Å². The van der Waals surface area contributed by atoms with Crippen LogP contribution in [-0.2, 0) is 6.42 Å². The van der Waals surface area contributed by atoms with Crippen LogP contribution in [0.4, 0.5) is 10.1 Å². The Kier molecular flexibility index (Phi) is 3.76. The molecule has 0 heterocycles. The first-order valence-electron chi connectivity index (χ1n) is 5.79. The number of rotatable bonds is 4. The number of hydrogen-bond donors (Lipinski definition) is 1. The van der Waals surface area contributed by atoms with Crippen molar-refractivity contribution in [3.63, 3.8) is 0 Å². The Labute approximate surface area is 101 Å². The van der Waals surface area contributed by atoms with E-state index >= 15 is 0 Å². The minimum absolute atomic E-state index is 0.180. The highest BCUT2D eigenvalue weighted by Crippen LogP contribution is 2.10. The summed E-state index contributed by atoms with van der Waals surface area (Å²) in [5.41, 5.74) is 3.52. The summed E-state index contributed by atoms with van der Waals surface area (Å²) in [5, 5.41) is 3.35. The molecule has 0 aliphatic heterocycles. The average molecular weight is 229 g/mol. The lowest BCUT2D eigenvalue weighted by Crippen LogP contribution is -2.04. The molecule has 0 aliphatic rings. The third-order valence-corrected chi connectivity index (χ3v) is 2.67. The maximum absolute atomic E-state index is 12.7.